The minimum absolute atomic E-state index is 0.168. The first kappa shape index (κ1) is 20.9. The lowest BCUT2D eigenvalue weighted by Crippen LogP contribution is -2.26. The number of nitrogens with one attached hydrogen (secondary N) is 1. The number of carbonyl (C=O) groups is 1. The van der Waals surface area contributed by atoms with Gasteiger partial charge in [0.05, 0.1) is 21.2 Å². The maximum absolute atomic E-state index is 12.8. The van der Waals surface area contributed by atoms with Crippen LogP contribution in [0.1, 0.15) is 21.5 Å². The summed E-state index contributed by atoms with van der Waals surface area (Å²) in [5.74, 6) is -0.354. The van der Waals surface area contributed by atoms with E-state index in [1.54, 1.807) is 24.3 Å². The quantitative estimate of drug-likeness (QED) is 0.619. The number of para-hydroxylation sites is 1. The summed E-state index contributed by atoms with van der Waals surface area (Å²) in [5, 5.41) is 3.05. The van der Waals surface area contributed by atoms with Crippen molar-refractivity contribution < 1.29 is 13.2 Å². The number of amides is 1. The number of aryl methyl sites for hydroxylation is 2. The van der Waals surface area contributed by atoms with Crippen LogP contribution in [0.5, 0.6) is 0 Å². The molecule has 1 amide bonds. The summed E-state index contributed by atoms with van der Waals surface area (Å²) >= 11 is 6.33. The fraction of sp³-hybridized carbons (Fsp3) is 0.136. The van der Waals surface area contributed by atoms with Crippen LogP contribution in [0.3, 0.4) is 0 Å². The highest BCUT2D eigenvalue weighted by Crippen LogP contribution is 2.28. The predicted molar refractivity (Wildman–Crippen MR) is 117 cm³/mol. The third-order valence-electron chi connectivity index (χ3n) is 4.68. The van der Waals surface area contributed by atoms with Crippen LogP contribution >= 0.6 is 11.6 Å². The molecule has 0 unspecified atom stereocenters. The average Bonchev–Trinajstić information content (AvgIpc) is 2.70. The van der Waals surface area contributed by atoms with Gasteiger partial charge in [0.25, 0.3) is 15.9 Å². The first-order valence-electron chi connectivity index (χ1n) is 8.93. The van der Waals surface area contributed by atoms with Crippen molar-refractivity contribution in [2.45, 2.75) is 18.7 Å². The molecule has 0 saturated carbocycles. The standard InChI is InChI=1S/C22H21ClN2O3S/c1-15-8-7-9-16(2)21(15)24-22(26)19-13-12-17(14-20(19)23)25(3)29(27,28)18-10-5-4-6-11-18/h4-14H,1-3H3,(H,24,26). The van der Waals surface area contributed by atoms with Gasteiger partial charge in [0, 0.05) is 12.7 Å². The Morgan fingerprint density at radius 3 is 2.14 bits per heavy atom. The first-order valence-corrected chi connectivity index (χ1v) is 10.7. The van der Waals surface area contributed by atoms with E-state index in [-0.39, 0.29) is 21.4 Å². The number of hydrogen-bond acceptors (Lipinski definition) is 3. The molecule has 0 aliphatic carbocycles. The molecule has 3 aromatic carbocycles. The Bertz CT molecular complexity index is 1140. The van der Waals surface area contributed by atoms with E-state index in [1.807, 2.05) is 32.0 Å². The van der Waals surface area contributed by atoms with Crippen molar-refractivity contribution in [1.29, 1.82) is 0 Å². The summed E-state index contributed by atoms with van der Waals surface area (Å²) in [6.45, 7) is 3.83. The normalized spacial score (nSPS) is 11.2. The molecule has 0 aromatic heterocycles. The van der Waals surface area contributed by atoms with Crippen LogP contribution in [-0.2, 0) is 10.0 Å². The summed E-state index contributed by atoms with van der Waals surface area (Å²) in [5.41, 5.74) is 3.26. The summed E-state index contributed by atoms with van der Waals surface area (Å²) in [6.07, 6.45) is 0. The fourth-order valence-corrected chi connectivity index (χ4v) is 4.43. The molecule has 0 atom stereocenters. The molecule has 0 bridgehead atoms. The molecule has 0 saturated heterocycles. The van der Waals surface area contributed by atoms with Crippen LogP contribution in [-0.4, -0.2) is 21.4 Å². The van der Waals surface area contributed by atoms with E-state index in [9.17, 15) is 13.2 Å². The molecule has 150 valence electrons. The maximum Gasteiger partial charge on any atom is 0.264 e. The Kier molecular flexibility index (Phi) is 5.96. The van der Waals surface area contributed by atoms with Crippen LogP contribution in [0.2, 0.25) is 5.02 Å². The molecule has 5 nitrogen and oxygen atoms in total. The number of halogens is 1. The minimum Gasteiger partial charge on any atom is -0.321 e. The van der Waals surface area contributed by atoms with Crippen molar-refractivity contribution in [2.75, 3.05) is 16.7 Å². The topological polar surface area (TPSA) is 66.5 Å². The predicted octanol–water partition coefficient (Wildman–Crippen LogP) is 5.03. The number of sulfonamides is 1. The number of carbonyl (C=O) groups excluding carboxylic acids is 1. The zero-order chi connectivity index (χ0) is 21.2. The number of benzene rings is 3. The largest absolute Gasteiger partial charge is 0.321 e. The highest BCUT2D eigenvalue weighted by Gasteiger charge is 2.22. The first-order chi connectivity index (χ1) is 13.7. The van der Waals surface area contributed by atoms with Gasteiger partial charge in [0.1, 0.15) is 0 Å². The van der Waals surface area contributed by atoms with E-state index in [2.05, 4.69) is 5.32 Å². The summed E-state index contributed by atoms with van der Waals surface area (Å²) in [6, 6.07) is 18.4. The Morgan fingerprint density at radius 1 is 0.931 bits per heavy atom. The van der Waals surface area contributed by atoms with Crippen molar-refractivity contribution >= 4 is 38.9 Å². The van der Waals surface area contributed by atoms with Crippen LogP contribution in [0, 0.1) is 13.8 Å². The molecule has 0 spiro atoms. The molecule has 29 heavy (non-hydrogen) atoms. The van der Waals surface area contributed by atoms with Gasteiger partial charge in [-0.1, -0.05) is 48.0 Å². The molecular weight excluding hydrogens is 408 g/mol. The third kappa shape index (κ3) is 4.28. The Morgan fingerprint density at radius 2 is 1.55 bits per heavy atom. The SMILES string of the molecule is Cc1cccc(C)c1NC(=O)c1ccc(N(C)S(=O)(=O)c2ccccc2)cc1Cl. The monoisotopic (exact) mass is 428 g/mol. The number of hydrogen-bond donors (Lipinski definition) is 1. The van der Waals surface area contributed by atoms with Crippen LogP contribution < -0.4 is 9.62 Å². The van der Waals surface area contributed by atoms with Crippen molar-refractivity contribution in [3.63, 3.8) is 0 Å². The van der Waals surface area contributed by atoms with Crippen LogP contribution in [0.25, 0.3) is 0 Å². The summed E-state index contributed by atoms with van der Waals surface area (Å²) < 4.78 is 26.7. The molecule has 0 aliphatic heterocycles. The second kappa shape index (κ2) is 8.27. The van der Waals surface area contributed by atoms with Gasteiger partial charge in [-0.25, -0.2) is 8.42 Å². The van der Waals surface area contributed by atoms with Crippen molar-refractivity contribution in [3.8, 4) is 0 Å². The van der Waals surface area contributed by atoms with Gasteiger partial charge in [0.15, 0.2) is 0 Å². The maximum atomic E-state index is 12.8. The Balaban J connectivity index is 1.88. The lowest BCUT2D eigenvalue weighted by Gasteiger charge is -2.20. The highest BCUT2D eigenvalue weighted by molar-refractivity contribution is 7.92. The van der Waals surface area contributed by atoms with Gasteiger partial charge in [-0.2, -0.15) is 0 Å². The molecule has 7 heteroatoms. The summed E-state index contributed by atoms with van der Waals surface area (Å²) in [7, 11) is -2.28. The molecule has 1 N–H and O–H groups in total. The van der Waals surface area contributed by atoms with Gasteiger partial charge in [-0.15, -0.1) is 0 Å². The lowest BCUT2D eigenvalue weighted by atomic mass is 10.1. The van der Waals surface area contributed by atoms with Crippen molar-refractivity contribution in [2.24, 2.45) is 0 Å². The molecule has 3 rings (SSSR count). The molecule has 0 radical (unpaired) electrons. The minimum atomic E-state index is -3.73. The number of nitrogens with zero attached hydrogens (tertiary/aromatic N) is 1. The van der Waals surface area contributed by atoms with E-state index in [4.69, 9.17) is 11.6 Å². The van der Waals surface area contributed by atoms with E-state index < -0.39 is 10.0 Å². The Hall–Kier alpha value is -2.83. The van der Waals surface area contributed by atoms with Crippen LogP contribution in [0.15, 0.2) is 71.6 Å². The average molecular weight is 429 g/mol. The third-order valence-corrected chi connectivity index (χ3v) is 6.79. The molecule has 3 aromatic rings. The second-order valence-electron chi connectivity index (χ2n) is 6.67. The smallest absolute Gasteiger partial charge is 0.264 e. The van der Waals surface area contributed by atoms with Crippen molar-refractivity contribution in [3.05, 3.63) is 88.4 Å². The van der Waals surface area contributed by atoms with Gasteiger partial charge in [-0.05, 0) is 55.3 Å². The van der Waals surface area contributed by atoms with Gasteiger partial charge in [0.2, 0.25) is 0 Å². The fourth-order valence-electron chi connectivity index (χ4n) is 2.97. The number of rotatable bonds is 5. The molecular formula is C22H21ClN2O3S. The van der Waals surface area contributed by atoms with Gasteiger partial charge < -0.3 is 5.32 Å². The zero-order valence-electron chi connectivity index (χ0n) is 16.3. The number of anilines is 2. The summed E-state index contributed by atoms with van der Waals surface area (Å²) in [4.78, 5) is 12.9. The highest BCUT2D eigenvalue weighted by atomic mass is 35.5. The van der Waals surface area contributed by atoms with E-state index in [1.165, 1.54) is 31.3 Å². The van der Waals surface area contributed by atoms with E-state index >= 15 is 0 Å². The zero-order valence-corrected chi connectivity index (χ0v) is 17.9. The second-order valence-corrected chi connectivity index (χ2v) is 9.05. The van der Waals surface area contributed by atoms with Gasteiger partial charge >= 0.3 is 0 Å². The van der Waals surface area contributed by atoms with Crippen LogP contribution in [0.4, 0.5) is 11.4 Å². The van der Waals surface area contributed by atoms with E-state index in [0.29, 0.717) is 5.69 Å². The van der Waals surface area contributed by atoms with E-state index in [0.717, 1.165) is 21.1 Å². The Labute approximate surface area is 176 Å². The molecule has 0 aliphatic rings. The molecule has 0 fully saturated rings. The molecule has 0 heterocycles. The van der Waals surface area contributed by atoms with Gasteiger partial charge in [-0.3, -0.25) is 9.10 Å². The van der Waals surface area contributed by atoms with Crippen molar-refractivity contribution in [1.82, 2.24) is 0 Å². The lowest BCUT2D eigenvalue weighted by molar-refractivity contribution is 0.102.